The van der Waals surface area contributed by atoms with Crippen LogP contribution < -0.4 is 10.6 Å². The summed E-state index contributed by atoms with van der Waals surface area (Å²) in [7, 11) is 0. The lowest BCUT2D eigenvalue weighted by atomic mass is 10.2. The van der Waals surface area contributed by atoms with Crippen LogP contribution in [0.15, 0.2) is 84.4 Å². The van der Waals surface area contributed by atoms with Gasteiger partial charge in [0.25, 0.3) is 5.91 Å². The Morgan fingerprint density at radius 1 is 1.13 bits per heavy atom. The van der Waals surface area contributed by atoms with Gasteiger partial charge in [0.1, 0.15) is 5.82 Å². The molecule has 30 heavy (non-hydrogen) atoms. The second-order valence-electron chi connectivity index (χ2n) is 6.24. The fourth-order valence-corrected chi connectivity index (χ4v) is 3.29. The number of hydrogen-bond donors (Lipinski definition) is 2. The SMILES string of the molecule is C=C(S/C(=C\C)C(=O)NCc1ccccc1)c1ccnc(Nc2ccc(F)cc2)n1. The van der Waals surface area contributed by atoms with Crippen molar-refractivity contribution in [3.05, 3.63) is 101 Å². The molecule has 7 heteroatoms. The van der Waals surface area contributed by atoms with E-state index in [1.165, 1.54) is 23.9 Å². The lowest BCUT2D eigenvalue weighted by Crippen LogP contribution is -2.23. The third kappa shape index (κ3) is 6.02. The Balaban J connectivity index is 1.62. The topological polar surface area (TPSA) is 66.9 Å². The van der Waals surface area contributed by atoms with E-state index < -0.39 is 0 Å². The van der Waals surface area contributed by atoms with Gasteiger partial charge in [0.05, 0.1) is 10.6 Å². The van der Waals surface area contributed by atoms with Crippen LogP contribution >= 0.6 is 11.8 Å². The maximum absolute atomic E-state index is 13.1. The smallest absolute Gasteiger partial charge is 0.257 e. The highest BCUT2D eigenvalue weighted by molar-refractivity contribution is 8.12. The highest BCUT2D eigenvalue weighted by Gasteiger charge is 2.13. The van der Waals surface area contributed by atoms with Crippen LogP contribution in [0.5, 0.6) is 0 Å². The number of amides is 1. The lowest BCUT2D eigenvalue weighted by Gasteiger charge is -2.11. The van der Waals surface area contributed by atoms with Crippen LogP contribution in [0.4, 0.5) is 16.0 Å². The van der Waals surface area contributed by atoms with Gasteiger partial charge in [-0.1, -0.05) is 54.7 Å². The lowest BCUT2D eigenvalue weighted by molar-refractivity contribution is -0.116. The predicted octanol–water partition coefficient (Wildman–Crippen LogP) is 5.28. The number of aromatic nitrogens is 2. The van der Waals surface area contributed by atoms with Crippen molar-refractivity contribution in [3.8, 4) is 0 Å². The number of benzene rings is 2. The van der Waals surface area contributed by atoms with Crippen LogP contribution in [0.25, 0.3) is 4.91 Å². The number of anilines is 2. The molecule has 0 unspecified atom stereocenters. The number of rotatable bonds is 8. The Labute approximate surface area is 179 Å². The molecule has 1 aromatic heterocycles. The summed E-state index contributed by atoms with van der Waals surface area (Å²) in [5.41, 5.74) is 2.29. The van der Waals surface area contributed by atoms with Crippen LogP contribution in [0.2, 0.25) is 0 Å². The zero-order chi connectivity index (χ0) is 21.3. The first-order valence-electron chi connectivity index (χ1n) is 9.26. The Morgan fingerprint density at radius 2 is 1.87 bits per heavy atom. The quantitative estimate of drug-likeness (QED) is 0.485. The van der Waals surface area contributed by atoms with E-state index >= 15 is 0 Å². The number of nitrogens with zero attached hydrogens (tertiary/aromatic N) is 2. The molecule has 3 aromatic rings. The van der Waals surface area contributed by atoms with Crippen molar-refractivity contribution in [3.63, 3.8) is 0 Å². The minimum Gasteiger partial charge on any atom is -0.348 e. The first-order chi connectivity index (χ1) is 14.5. The van der Waals surface area contributed by atoms with Gasteiger partial charge < -0.3 is 10.6 Å². The van der Waals surface area contributed by atoms with Gasteiger partial charge in [0.15, 0.2) is 0 Å². The molecule has 0 fully saturated rings. The third-order valence-electron chi connectivity index (χ3n) is 4.06. The van der Waals surface area contributed by atoms with E-state index in [2.05, 4.69) is 27.2 Å². The molecule has 0 saturated carbocycles. The van der Waals surface area contributed by atoms with E-state index in [9.17, 15) is 9.18 Å². The van der Waals surface area contributed by atoms with Crippen LogP contribution in [-0.4, -0.2) is 15.9 Å². The third-order valence-corrected chi connectivity index (χ3v) is 5.15. The summed E-state index contributed by atoms with van der Waals surface area (Å²) < 4.78 is 13.1. The molecule has 0 aliphatic rings. The number of allylic oxidation sites excluding steroid dienone is 1. The minimum atomic E-state index is -0.315. The molecule has 0 spiro atoms. The van der Waals surface area contributed by atoms with Gasteiger partial charge >= 0.3 is 0 Å². The second kappa shape index (κ2) is 10.4. The zero-order valence-corrected chi connectivity index (χ0v) is 17.2. The Kier molecular flexibility index (Phi) is 7.34. The largest absolute Gasteiger partial charge is 0.348 e. The van der Waals surface area contributed by atoms with E-state index in [-0.39, 0.29) is 11.7 Å². The van der Waals surface area contributed by atoms with Crippen LogP contribution in [0, 0.1) is 5.82 Å². The second-order valence-corrected chi connectivity index (χ2v) is 7.38. The first kappa shape index (κ1) is 21.3. The van der Waals surface area contributed by atoms with E-state index in [1.54, 1.807) is 37.4 Å². The van der Waals surface area contributed by atoms with E-state index in [4.69, 9.17) is 0 Å². The standard InChI is InChI=1S/C23H21FN4OS/c1-3-21(22(29)26-15-17-7-5-4-6-8-17)30-16(2)20-13-14-25-23(28-20)27-19-11-9-18(24)10-12-19/h3-14H,2,15H2,1H3,(H,26,29)(H,25,27,28)/b21-3-. The first-order valence-corrected chi connectivity index (χ1v) is 10.1. The molecule has 5 nitrogen and oxygen atoms in total. The van der Waals surface area contributed by atoms with Crippen molar-refractivity contribution in [1.29, 1.82) is 0 Å². The van der Waals surface area contributed by atoms with E-state index in [1.807, 2.05) is 30.3 Å². The van der Waals surface area contributed by atoms with Gasteiger partial charge in [-0.05, 0) is 42.8 Å². The molecule has 0 radical (unpaired) electrons. The van der Waals surface area contributed by atoms with E-state index in [0.29, 0.717) is 33.7 Å². The van der Waals surface area contributed by atoms with Crippen molar-refractivity contribution in [1.82, 2.24) is 15.3 Å². The van der Waals surface area contributed by atoms with Crippen LogP contribution in [-0.2, 0) is 11.3 Å². The molecule has 0 aliphatic heterocycles. The molecule has 0 aliphatic carbocycles. The monoisotopic (exact) mass is 420 g/mol. The zero-order valence-electron chi connectivity index (χ0n) is 16.4. The van der Waals surface area contributed by atoms with Gasteiger partial charge in [0.2, 0.25) is 5.95 Å². The number of carbonyl (C=O) groups is 1. The van der Waals surface area contributed by atoms with Gasteiger partial charge in [0, 0.05) is 23.3 Å². The van der Waals surface area contributed by atoms with Crippen molar-refractivity contribution < 1.29 is 9.18 Å². The number of thioether (sulfide) groups is 1. The Hall–Kier alpha value is -3.45. The maximum Gasteiger partial charge on any atom is 0.257 e. The number of carbonyl (C=O) groups excluding carboxylic acids is 1. The average molecular weight is 421 g/mol. The summed E-state index contributed by atoms with van der Waals surface area (Å²) in [6.45, 7) is 6.30. The summed E-state index contributed by atoms with van der Waals surface area (Å²) in [5, 5.41) is 5.93. The van der Waals surface area contributed by atoms with Gasteiger partial charge in [-0.25, -0.2) is 14.4 Å². The molecule has 1 heterocycles. The fourth-order valence-electron chi connectivity index (χ4n) is 2.52. The molecular formula is C23H21FN4OS. The number of nitrogens with one attached hydrogen (secondary N) is 2. The Morgan fingerprint density at radius 3 is 2.57 bits per heavy atom. The summed E-state index contributed by atoms with van der Waals surface area (Å²) >= 11 is 1.24. The normalized spacial score (nSPS) is 11.1. The molecule has 0 saturated heterocycles. The van der Waals surface area contributed by atoms with Gasteiger partial charge in [-0.15, -0.1) is 0 Å². The minimum absolute atomic E-state index is 0.175. The Bertz CT molecular complexity index is 1050. The molecule has 0 atom stereocenters. The number of halogens is 1. The van der Waals surface area contributed by atoms with Crippen molar-refractivity contribution in [2.45, 2.75) is 13.5 Å². The number of hydrogen-bond acceptors (Lipinski definition) is 5. The van der Waals surface area contributed by atoms with Gasteiger partial charge in [-0.2, -0.15) is 0 Å². The highest BCUT2D eigenvalue weighted by atomic mass is 32.2. The summed E-state index contributed by atoms with van der Waals surface area (Å²) in [4.78, 5) is 22.3. The van der Waals surface area contributed by atoms with Crippen LogP contribution in [0.1, 0.15) is 18.2 Å². The van der Waals surface area contributed by atoms with Crippen molar-refractivity contribution in [2.75, 3.05) is 5.32 Å². The van der Waals surface area contributed by atoms with E-state index in [0.717, 1.165) is 5.56 Å². The predicted molar refractivity (Wildman–Crippen MR) is 120 cm³/mol. The fraction of sp³-hybridized carbons (Fsp3) is 0.0870. The molecule has 2 aromatic carbocycles. The summed E-state index contributed by atoms with van der Waals surface area (Å²) in [5.74, 6) is -0.132. The van der Waals surface area contributed by atoms with Crippen molar-refractivity contribution in [2.24, 2.45) is 0 Å². The highest BCUT2D eigenvalue weighted by Crippen LogP contribution is 2.31. The molecular weight excluding hydrogens is 399 g/mol. The average Bonchev–Trinajstić information content (AvgIpc) is 2.78. The molecule has 152 valence electrons. The molecule has 3 rings (SSSR count). The van der Waals surface area contributed by atoms with Crippen molar-refractivity contribution >= 4 is 34.2 Å². The molecule has 0 bridgehead atoms. The maximum atomic E-state index is 13.1. The van der Waals surface area contributed by atoms with Crippen LogP contribution in [0.3, 0.4) is 0 Å². The summed E-state index contributed by atoms with van der Waals surface area (Å²) in [6, 6.07) is 17.3. The van der Waals surface area contributed by atoms with Gasteiger partial charge in [-0.3, -0.25) is 4.79 Å². The molecule has 2 N–H and O–H groups in total. The molecule has 1 amide bonds. The summed E-state index contributed by atoms with van der Waals surface area (Å²) in [6.07, 6.45) is 3.35.